The summed E-state index contributed by atoms with van der Waals surface area (Å²) in [6.07, 6.45) is 6.69. The van der Waals surface area contributed by atoms with Crippen molar-refractivity contribution in [1.29, 1.82) is 0 Å². The Morgan fingerprint density at radius 3 is 2.94 bits per heavy atom. The summed E-state index contributed by atoms with van der Waals surface area (Å²) in [6, 6.07) is 1.69. The van der Waals surface area contributed by atoms with Gasteiger partial charge in [-0.3, -0.25) is 10.1 Å². The molecule has 5 nitrogen and oxygen atoms in total. The minimum Gasteiger partial charge on any atom is -0.366 e. The third kappa shape index (κ3) is 3.05. The van der Waals surface area contributed by atoms with Gasteiger partial charge in [0.05, 0.1) is 9.95 Å². The van der Waals surface area contributed by atoms with Crippen molar-refractivity contribution < 1.29 is 4.92 Å². The second-order valence-corrected chi connectivity index (χ2v) is 5.84. The molecular weight excluding hydrogens is 274 g/mol. The number of aromatic nitrogens is 1. The zero-order valence-corrected chi connectivity index (χ0v) is 11.5. The van der Waals surface area contributed by atoms with E-state index >= 15 is 0 Å². The number of nitrogens with one attached hydrogen (secondary N) is 1. The van der Waals surface area contributed by atoms with Crippen LogP contribution in [-0.4, -0.2) is 27.5 Å². The molecule has 1 aliphatic rings. The van der Waals surface area contributed by atoms with Crippen LogP contribution >= 0.6 is 23.4 Å². The number of thioether (sulfide) groups is 1. The lowest BCUT2D eigenvalue weighted by Crippen LogP contribution is -2.17. The summed E-state index contributed by atoms with van der Waals surface area (Å²) in [5.41, 5.74) is -0.0843. The Balaban J connectivity index is 2.04. The van der Waals surface area contributed by atoms with Crippen LogP contribution in [0.25, 0.3) is 0 Å². The predicted molar refractivity (Wildman–Crippen MR) is 74.5 cm³/mol. The zero-order chi connectivity index (χ0) is 13.1. The second kappa shape index (κ2) is 5.75. The van der Waals surface area contributed by atoms with Crippen molar-refractivity contribution >= 4 is 34.9 Å². The predicted octanol–water partition coefficient (Wildman–Crippen LogP) is 3.34. The third-order valence-corrected chi connectivity index (χ3v) is 4.48. The van der Waals surface area contributed by atoms with Gasteiger partial charge in [0.1, 0.15) is 12.0 Å². The van der Waals surface area contributed by atoms with E-state index in [1.54, 1.807) is 0 Å². The molecule has 1 aliphatic carbocycles. The number of pyridine rings is 1. The quantitative estimate of drug-likeness (QED) is 0.679. The van der Waals surface area contributed by atoms with Crippen LogP contribution in [0.2, 0.25) is 5.02 Å². The molecule has 0 aromatic carbocycles. The van der Waals surface area contributed by atoms with Crippen molar-refractivity contribution in [3.63, 3.8) is 0 Å². The van der Waals surface area contributed by atoms with E-state index < -0.39 is 4.92 Å². The van der Waals surface area contributed by atoms with E-state index in [0.29, 0.717) is 22.1 Å². The molecule has 1 saturated carbocycles. The number of hydrogen-bond acceptors (Lipinski definition) is 5. The first kappa shape index (κ1) is 13.4. The molecular formula is C11H14ClN3O2S. The molecule has 1 fully saturated rings. The Morgan fingerprint density at radius 1 is 1.61 bits per heavy atom. The summed E-state index contributed by atoms with van der Waals surface area (Å²) < 4.78 is 0. The van der Waals surface area contributed by atoms with Gasteiger partial charge < -0.3 is 5.32 Å². The number of nitrogens with zero attached hydrogens (tertiary/aromatic N) is 2. The van der Waals surface area contributed by atoms with Crippen LogP contribution in [0.4, 0.5) is 11.5 Å². The fourth-order valence-corrected chi connectivity index (χ4v) is 3.12. The SMILES string of the molecule is CSC1CCC(Nc2ncc([N+](=O)[O-])cc2Cl)C1. The minimum absolute atomic E-state index is 0.0843. The maximum atomic E-state index is 10.6. The first-order valence-electron chi connectivity index (χ1n) is 5.69. The average molecular weight is 288 g/mol. The van der Waals surface area contributed by atoms with Gasteiger partial charge in [0.2, 0.25) is 0 Å². The second-order valence-electron chi connectivity index (χ2n) is 4.29. The van der Waals surface area contributed by atoms with Crippen LogP contribution in [0, 0.1) is 10.1 Å². The van der Waals surface area contributed by atoms with Crippen molar-refractivity contribution in [3.8, 4) is 0 Å². The highest BCUT2D eigenvalue weighted by Gasteiger charge is 2.24. The highest BCUT2D eigenvalue weighted by Crippen LogP contribution is 2.32. The van der Waals surface area contributed by atoms with Crippen LogP contribution in [0.1, 0.15) is 19.3 Å². The van der Waals surface area contributed by atoms with Crippen LogP contribution in [0.3, 0.4) is 0 Å². The van der Waals surface area contributed by atoms with E-state index in [1.807, 2.05) is 11.8 Å². The molecule has 98 valence electrons. The largest absolute Gasteiger partial charge is 0.366 e. The summed E-state index contributed by atoms with van der Waals surface area (Å²) in [5, 5.41) is 14.8. The minimum atomic E-state index is -0.498. The number of anilines is 1. The van der Waals surface area contributed by atoms with Gasteiger partial charge in [-0.2, -0.15) is 11.8 Å². The fraction of sp³-hybridized carbons (Fsp3) is 0.545. The third-order valence-electron chi connectivity index (χ3n) is 3.10. The molecule has 2 rings (SSSR count). The normalized spacial score (nSPS) is 23.0. The molecule has 0 amide bonds. The summed E-state index contributed by atoms with van der Waals surface area (Å²) >= 11 is 7.86. The van der Waals surface area contributed by atoms with Gasteiger partial charge in [0.15, 0.2) is 0 Å². The zero-order valence-electron chi connectivity index (χ0n) is 9.93. The fourth-order valence-electron chi connectivity index (χ4n) is 2.11. The van der Waals surface area contributed by atoms with Crippen molar-refractivity contribution in [2.24, 2.45) is 0 Å². The Kier molecular flexibility index (Phi) is 4.29. The van der Waals surface area contributed by atoms with Crippen molar-refractivity contribution in [1.82, 2.24) is 4.98 Å². The van der Waals surface area contributed by atoms with Crippen LogP contribution in [0.15, 0.2) is 12.3 Å². The lowest BCUT2D eigenvalue weighted by molar-refractivity contribution is -0.385. The van der Waals surface area contributed by atoms with E-state index in [0.717, 1.165) is 12.8 Å². The lowest BCUT2D eigenvalue weighted by Gasteiger charge is -2.14. The lowest BCUT2D eigenvalue weighted by atomic mass is 10.2. The van der Waals surface area contributed by atoms with Crippen LogP contribution < -0.4 is 5.32 Å². The molecule has 0 saturated heterocycles. The van der Waals surface area contributed by atoms with E-state index in [1.165, 1.54) is 18.7 Å². The highest BCUT2D eigenvalue weighted by molar-refractivity contribution is 7.99. The molecule has 1 aromatic heterocycles. The van der Waals surface area contributed by atoms with Gasteiger partial charge in [-0.15, -0.1) is 0 Å². The molecule has 1 heterocycles. The van der Waals surface area contributed by atoms with Crippen molar-refractivity contribution in [3.05, 3.63) is 27.4 Å². The topological polar surface area (TPSA) is 68.1 Å². The molecule has 0 radical (unpaired) electrons. The molecule has 1 N–H and O–H groups in total. The van der Waals surface area contributed by atoms with E-state index in [9.17, 15) is 10.1 Å². The monoisotopic (exact) mass is 287 g/mol. The number of hydrogen-bond donors (Lipinski definition) is 1. The standard InChI is InChI=1S/C11H14ClN3O2S/c1-18-9-3-2-7(4-9)14-11-10(12)5-8(6-13-11)15(16)17/h5-7,9H,2-4H2,1H3,(H,13,14). The number of halogens is 1. The molecule has 0 spiro atoms. The Morgan fingerprint density at radius 2 is 2.39 bits per heavy atom. The van der Waals surface area contributed by atoms with E-state index in [4.69, 9.17) is 11.6 Å². The molecule has 1 aromatic rings. The highest BCUT2D eigenvalue weighted by atomic mass is 35.5. The Bertz CT molecular complexity index is 458. The first-order chi connectivity index (χ1) is 8.60. The summed E-state index contributed by atoms with van der Waals surface area (Å²) in [7, 11) is 0. The van der Waals surface area contributed by atoms with Crippen molar-refractivity contribution in [2.75, 3.05) is 11.6 Å². The molecule has 2 unspecified atom stereocenters. The average Bonchev–Trinajstić information content (AvgIpc) is 2.79. The smallest absolute Gasteiger partial charge is 0.289 e. The van der Waals surface area contributed by atoms with E-state index in [-0.39, 0.29) is 5.69 Å². The van der Waals surface area contributed by atoms with Gasteiger partial charge in [-0.05, 0) is 25.5 Å². The number of rotatable bonds is 4. The molecule has 0 aliphatic heterocycles. The Hall–Kier alpha value is -1.01. The molecule has 0 bridgehead atoms. The molecule has 2 atom stereocenters. The van der Waals surface area contributed by atoms with E-state index in [2.05, 4.69) is 16.6 Å². The van der Waals surface area contributed by atoms with Crippen LogP contribution in [-0.2, 0) is 0 Å². The molecule has 7 heteroatoms. The van der Waals surface area contributed by atoms with Gasteiger partial charge in [-0.25, -0.2) is 4.98 Å². The Labute approximate surface area is 114 Å². The van der Waals surface area contributed by atoms with Gasteiger partial charge in [0, 0.05) is 17.4 Å². The van der Waals surface area contributed by atoms with Crippen LogP contribution in [0.5, 0.6) is 0 Å². The van der Waals surface area contributed by atoms with Gasteiger partial charge in [-0.1, -0.05) is 11.6 Å². The summed E-state index contributed by atoms with van der Waals surface area (Å²) in [5.74, 6) is 0.536. The maximum absolute atomic E-state index is 10.6. The molecule has 18 heavy (non-hydrogen) atoms. The first-order valence-corrected chi connectivity index (χ1v) is 7.36. The summed E-state index contributed by atoms with van der Waals surface area (Å²) in [4.78, 5) is 14.1. The van der Waals surface area contributed by atoms with Gasteiger partial charge in [0.25, 0.3) is 5.69 Å². The number of nitro groups is 1. The van der Waals surface area contributed by atoms with Crippen molar-refractivity contribution in [2.45, 2.75) is 30.6 Å². The maximum Gasteiger partial charge on any atom is 0.289 e. The van der Waals surface area contributed by atoms with Gasteiger partial charge >= 0.3 is 0 Å². The summed E-state index contributed by atoms with van der Waals surface area (Å²) in [6.45, 7) is 0.